The van der Waals surface area contributed by atoms with E-state index in [4.69, 9.17) is 11.6 Å². The number of aromatic nitrogens is 1. The summed E-state index contributed by atoms with van der Waals surface area (Å²) < 4.78 is 40.0. The van der Waals surface area contributed by atoms with E-state index in [-0.39, 0.29) is 10.8 Å². The first-order valence-electron chi connectivity index (χ1n) is 7.17. The summed E-state index contributed by atoms with van der Waals surface area (Å²) in [6, 6.07) is 8.42. The molecule has 23 heavy (non-hydrogen) atoms. The molecular formula is C16H14ClF3N2O. The van der Waals surface area contributed by atoms with Gasteiger partial charge in [-0.3, -0.25) is 4.79 Å². The van der Waals surface area contributed by atoms with E-state index in [1.807, 2.05) is 0 Å². The second-order valence-electron chi connectivity index (χ2n) is 5.95. The molecule has 0 saturated heterocycles. The zero-order chi connectivity index (χ0) is 16.8. The monoisotopic (exact) mass is 342 g/mol. The highest BCUT2D eigenvalue weighted by atomic mass is 35.5. The molecule has 1 aliphatic rings. The molecule has 1 aliphatic carbocycles. The number of carbonyl (C=O) groups is 1. The van der Waals surface area contributed by atoms with Crippen LogP contribution in [0.5, 0.6) is 0 Å². The van der Waals surface area contributed by atoms with Crippen molar-refractivity contribution in [2.45, 2.75) is 31.5 Å². The number of rotatable bonds is 3. The average Bonchev–Trinajstić information content (AvgIpc) is 3.30. The molecule has 122 valence electrons. The fourth-order valence-electron chi connectivity index (χ4n) is 2.64. The van der Waals surface area contributed by atoms with Crippen molar-refractivity contribution in [3.8, 4) is 0 Å². The molecule has 1 N–H and O–H groups in total. The number of hydrogen-bond donors (Lipinski definition) is 1. The molecule has 7 heteroatoms. The Morgan fingerprint density at radius 3 is 2.57 bits per heavy atom. The van der Waals surface area contributed by atoms with Crippen molar-refractivity contribution in [2.75, 3.05) is 0 Å². The number of carbonyl (C=O) groups excluding carboxylic acids is 1. The number of fused-ring (bicyclic) bond motifs is 1. The molecule has 1 fully saturated rings. The molecule has 1 aromatic carbocycles. The maximum atomic E-state index is 13.3. The van der Waals surface area contributed by atoms with Crippen molar-refractivity contribution in [1.29, 1.82) is 0 Å². The zero-order valence-corrected chi connectivity index (χ0v) is 13.0. The lowest BCUT2D eigenvalue weighted by Gasteiger charge is -2.33. The van der Waals surface area contributed by atoms with Crippen LogP contribution in [-0.4, -0.2) is 22.6 Å². The van der Waals surface area contributed by atoms with E-state index in [1.54, 1.807) is 24.3 Å². The van der Waals surface area contributed by atoms with E-state index in [1.165, 1.54) is 6.07 Å². The molecular weight excluding hydrogens is 329 g/mol. The molecule has 0 unspecified atom stereocenters. The Bertz CT molecular complexity index is 773. The predicted molar refractivity (Wildman–Crippen MR) is 81.4 cm³/mol. The summed E-state index contributed by atoms with van der Waals surface area (Å²) in [5.74, 6) is -1.47. The van der Waals surface area contributed by atoms with Crippen molar-refractivity contribution < 1.29 is 18.0 Å². The smallest absolute Gasteiger partial charge is 0.336 e. The molecule has 1 heterocycles. The number of benzene rings is 1. The molecule has 2 aromatic rings. The van der Waals surface area contributed by atoms with Crippen LogP contribution in [0.1, 0.15) is 30.3 Å². The molecule has 3 nitrogen and oxygen atoms in total. The Labute approximate surface area is 135 Å². The highest BCUT2D eigenvalue weighted by Crippen LogP contribution is 2.48. The third-order valence-electron chi connectivity index (χ3n) is 4.28. The van der Waals surface area contributed by atoms with E-state index < -0.39 is 23.5 Å². The van der Waals surface area contributed by atoms with E-state index in [0.29, 0.717) is 23.6 Å². The van der Waals surface area contributed by atoms with Crippen molar-refractivity contribution in [3.63, 3.8) is 0 Å². The van der Waals surface area contributed by atoms with Crippen molar-refractivity contribution in [1.82, 2.24) is 10.3 Å². The Morgan fingerprint density at radius 1 is 1.30 bits per heavy atom. The van der Waals surface area contributed by atoms with E-state index >= 15 is 0 Å². The minimum atomic E-state index is -4.52. The molecule has 0 bridgehead atoms. The first kappa shape index (κ1) is 16.1. The Morgan fingerprint density at radius 2 is 1.96 bits per heavy atom. The summed E-state index contributed by atoms with van der Waals surface area (Å²) >= 11 is 6.03. The van der Waals surface area contributed by atoms with Gasteiger partial charge in [0.2, 0.25) is 0 Å². The second kappa shape index (κ2) is 5.37. The van der Waals surface area contributed by atoms with Gasteiger partial charge in [0, 0.05) is 5.39 Å². The highest BCUT2D eigenvalue weighted by molar-refractivity contribution is 6.34. The second-order valence-corrected chi connectivity index (χ2v) is 6.31. The quantitative estimate of drug-likeness (QED) is 0.843. The van der Waals surface area contributed by atoms with Gasteiger partial charge in [-0.15, -0.1) is 0 Å². The molecule has 0 radical (unpaired) electrons. The summed E-state index contributed by atoms with van der Waals surface area (Å²) in [7, 11) is 0. The van der Waals surface area contributed by atoms with Crippen LogP contribution in [0.15, 0.2) is 30.3 Å². The minimum Gasteiger partial charge on any atom is -0.336 e. The van der Waals surface area contributed by atoms with Crippen LogP contribution in [-0.2, 0) is 0 Å². The number of halogens is 4. The van der Waals surface area contributed by atoms with Crippen LogP contribution >= 0.6 is 11.6 Å². The van der Waals surface area contributed by atoms with E-state index in [9.17, 15) is 18.0 Å². The number of nitrogens with zero attached hydrogens (tertiary/aromatic N) is 1. The number of alkyl halides is 3. The average molecular weight is 343 g/mol. The van der Waals surface area contributed by atoms with Crippen LogP contribution in [0.3, 0.4) is 0 Å². The van der Waals surface area contributed by atoms with Crippen molar-refractivity contribution in [3.05, 3.63) is 41.2 Å². The molecule has 1 amide bonds. The Kier molecular flexibility index (Phi) is 3.75. The molecule has 1 atom stereocenters. The summed E-state index contributed by atoms with van der Waals surface area (Å²) in [5, 5.41) is 3.51. The number of hydrogen-bond acceptors (Lipinski definition) is 2. The van der Waals surface area contributed by atoms with Gasteiger partial charge in [-0.1, -0.05) is 35.9 Å². The first-order chi connectivity index (χ1) is 10.7. The van der Waals surface area contributed by atoms with Gasteiger partial charge >= 0.3 is 6.18 Å². The third kappa shape index (κ3) is 2.87. The normalized spacial score (nSPS) is 17.8. The fourth-order valence-corrected chi connectivity index (χ4v) is 2.90. The SMILES string of the molecule is C[C@@](NC(=O)c1cc2ccccc2c(Cl)n1)(C1CC1)C(F)(F)F. The lowest BCUT2D eigenvalue weighted by molar-refractivity contribution is -0.194. The van der Waals surface area contributed by atoms with E-state index in [2.05, 4.69) is 10.3 Å². The summed E-state index contributed by atoms with van der Waals surface area (Å²) in [5.41, 5.74) is -2.37. The lowest BCUT2D eigenvalue weighted by Crippen LogP contribution is -2.58. The topological polar surface area (TPSA) is 42.0 Å². The molecule has 1 saturated carbocycles. The predicted octanol–water partition coefficient (Wildman–Crippen LogP) is 4.35. The van der Waals surface area contributed by atoms with Gasteiger partial charge in [0.05, 0.1) is 0 Å². The van der Waals surface area contributed by atoms with Crippen LogP contribution in [0.2, 0.25) is 5.15 Å². The van der Waals surface area contributed by atoms with E-state index in [0.717, 1.165) is 6.92 Å². The molecule has 0 spiro atoms. The zero-order valence-electron chi connectivity index (χ0n) is 12.2. The van der Waals surface area contributed by atoms with Gasteiger partial charge in [0.1, 0.15) is 16.4 Å². The van der Waals surface area contributed by atoms with Gasteiger partial charge in [-0.25, -0.2) is 4.98 Å². The van der Waals surface area contributed by atoms with Gasteiger partial charge in [-0.05, 0) is 37.1 Å². The molecule has 1 aromatic heterocycles. The van der Waals surface area contributed by atoms with Gasteiger partial charge < -0.3 is 5.32 Å². The van der Waals surface area contributed by atoms with Gasteiger partial charge in [0.25, 0.3) is 5.91 Å². The maximum absolute atomic E-state index is 13.3. The third-order valence-corrected chi connectivity index (χ3v) is 4.57. The molecule has 0 aliphatic heterocycles. The number of amides is 1. The number of nitrogens with one attached hydrogen (secondary N) is 1. The van der Waals surface area contributed by atoms with Gasteiger partial charge in [-0.2, -0.15) is 13.2 Å². The summed E-state index contributed by atoms with van der Waals surface area (Å²) in [4.78, 5) is 16.2. The lowest BCUT2D eigenvalue weighted by atomic mass is 9.94. The Hall–Kier alpha value is -1.82. The van der Waals surface area contributed by atoms with Crippen molar-refractivity contribution >= 4 is 28.3 Å². The first-order valence-corrected chi connectivity index (χ1v) is 7.55. The van der Waals surface area contributed by atoms with Crippen LogP contribution in [0.25, 0.3) is 10.8 Å². The van der Waals surface area contributed by atoms with Gasteiger partial charge in [0.15, 0.2) is 0 Å². The van der Waals surface area contributed by atoms with Crippen molar-refractivity contribution in [2.24, 2.45) is 5.92 Å². The summed E-state index contributed by atoms with van der Waals surface area (Å²) in [6.07, 6.45) is -3.63. The maximum Gasteiger partial charge on any atom is 0.411 e. The van der Waals surface area contributed by atoms with Crippen LogP contribution in [0, 0.1) is 5.92 Å². The summed E-state index contributed by atoms with van der Waals surface area (Å²) in [6.45, 7) is 1.02. The number of pyridine rings is 1. The highest BCUT2D eigenvalue weighted by Gasteiger charge is 2.60. The minimum absolute atomic E-state index is 0.0911. The molecule has 3 rings (SSSR count). The fraction of sp³-hybridized carbons (Fsp3) is 0.375. The standard InChI is InChI=1S/C16H14ClF3N2O/c1-15(10-6-7-10,16(18,19)20)22-14(23)12-8-9-4-2-3-5-11(9)13(17)21-12/h2-5,8,10H,6-7H2,1H3,(H,22,23)/t15-/m1/s1. The largest absolute Gasteiger partial charge is 0.411 e. The van der Waals surface area contributed by atoms with Crippen LogP contribution in [0.4, 0.5) is 13.2 Å². The Balaban J connectivity index is 1.94. The van der Waals surface area contributed by atoms with Crippen LogP contribution < -0.4 is 5.32 Å².